The van der Waals surface area contributed by atoms with E-state index in [4.69, 9.17) is 19.9 Å². The second-order valence-corrected chi connectivity index (χ2v) is 7.29. The maximum absolute atomic E-state index is 12.6. The third-order valence-electron chi connectivity index (χ3n) is 5.06. The van der Waals surface area contributed by atoms with E-state index in [0.29, 0.717) is 34.4 Å². The highest BCUT2D eigenvalue weighted by molar-refractivity contribution is 6.05. The first-order valence-electron chi connectivity index (χ1n) is 10.2. The van der Waals surface area contributed by atoms with Gasteiger partial charge in [0.2, 0.25) is 5.91 Å². The molecule has 3 aromatic rings. The fourth-order valence-corrected chi connectivity index (χ4v) is 3.40. The molecule has 2 aromatic carbocycles. The SMILES string of the molecule is COc1ccc(C)c(NC(=O)/C=C/c2cccnc2Nc2cc(C)c(OC)c(OC)c2)c1N. The third-order valence-corrected chi connectivity index (χ3v) is 5.06. The van der Waals surface area contributed by atoms with Gasteiger partial charge in [-0.15, -0.1) is 0 Å². The van der Waals surface area contributed by atoms with E-state index in [1.165, 1.54) is 13.2 Å². The van der Waals surface area contributed by atoms with Crippen molar-refractivity contribution in [2.45, 2.75) is 13.8 Å². The molecule has 172 valence electrons. The average Bonchev–Trinajstić information content (AvgIpc) is 2.81. The van der Waals surface area contributed by atoms with Crippen molar-refractivity contribution in [1.82, 2.24) is 4.98 Å². The number of carbonyl (C=O) groups is 1. The van der Waals surface area contributed by atoms with Gasteiger partial charge in [0.05, 0.1) is 32.7 Å². The molecular weight excluding hydrogens is 420 g/mol. The molecule has 0 saturated heterocycles. The molecule has 1 heterocycles. The number of benzene rings is 2. The number of aromatic nitrogens is 1. The molecule has 8 nitrogen and oxygen atoms in total. The Bertz CT molecular complexity index is 1190. The molecule has 8 heteroatoms. The van der Waals surface area contributed by atoms with Crippen molar-refractivity contribution in [3.63, 3.8) is 0 Å². The van der Waals surface area contributed by atoms with Crippen LogP contribution in [0.5, 0.6) is 17.2 Å². The lowest BCUT2D eigenvalue weighted by Gasteiger charge is -2.15. The molecule has 3 rings (SSSR count). The smallest absolute Gasteiger partial charge is 0.248 e. The highest BCUT2D eigenvalue weighted by Gasteiger charge is 2.12. The van der Waals surface area contributed by atoms with Crippen LogP contribution in [0.3, 0.4) is 0 Å². The number of nitrogens with two attached hydrogens (primary N) is 1. The van der Waals surface area contributed by atoms with Crippen LogP contribution in [-0.2, 0) is 4.79 Å². The first-order valence-corrected chi connectivity index (χ1v) is 10.2. The van der Waals surface area contributed by atoms with Gasteiger partial charge < -0.3 is 30.6 Å². The lowest BCUT2D eigenvalue weighted by Crippen LogP contribution is -2.11. The molecule has 1 aromatic heterocycles. The fraction of sp³-hybridized carbons (Fsp3) is 0.200. The van der Waals surface area contributed by atoms with Crippen molar-refractivity contribution in [3.05, 3.63) is 65.4 Å². The van der Waals surface area contributed by atoms with Crippen molar-refractivity contribution >= 4 is 34.9 Å². The predicted octanol–water partition coefficient (Wildman–Crippen LogP) is 4.70. The Kier molecular flexibility index (Phi) is 7.40. The molecule has 0 fully saturated rings. The van der Waals surface area contributed by atoms with Crippen LogP contribution in [0.15, 0.2) is 48.7 Å². The van der Waals surface area contributed by atoms with Gasteiger partial charge in [-0.05, 0) is 55.3 Å². The van der Waals surface area contributed by atoms with Gasteiger partial charge in [0.15, 0.2) is 11.5 Å². The number of pyridine rings is 1. The molecule has 4 N–H and O–H groups in total. The number of hydrogen-bond donors (Lipinski definition) is 3. The number of carbonyl (C=O) groups excluding carboxylic acids is 1. The van der Waals surface area contributed by atoms with Gasteiger partial charge in [-0.1, -0.05) is 6.07 Å². The van der Waals surface area contributed by atoms with E-state index in [1.54, 1.807) is 38.6 Å². The average molecular weight is 449 g/mol. The van der Waals surface area contributed by atoms with Crippen LogP contribution in [-0.4, -0.2) is 32.2 Å². The number of methoxy groups -OCH3 is 3. The van der Waals surface area contributed by atoms with E-state index in [9.17, 15) is 4.79 Å². The van der Waals surface area contributed by atoms with Crippen LogP contribution >= 0.6 is 0 Å². The maximum atomic E-state index is 12.6. The first-order chi connectivity index (χ1) is 15.9. The minimum Gasteiger partial charge on any atom is -0.495 e. The van der Waals surface area contributed by atoms with Crippen molar-refractivity contribution in [2.75, 3.05) is 37.7 Å². The molecule has 0 bridgehead atoms. The quantitative estimate of drug-likeness (QED) is 0.339. The molecular formula is C25H28N4O4. The normalized spacial score (nSPS) is 10.7. The summed E-state index contributed by atoms with van der Waals surface area (Å²) in [6.07, 6.45) is 4.79. The molecule has 1 amide bonds. The summed E-state index contributed by atoms with van der Waals surface area (Å²) in [4.78, 5) is 17.0. The first kappa shape index (κ1) is 23.5. The fourth-order valence-electron chi connectivity index (χ4n) is 3.40. The summed E-state index contributed by atoms with van der Waals surface area (Å²) in [5.74, 6) is 2.05. The topological polar surface area (TPSA) is 108 Å². The lowest BCUT2D eigenvalue weighted by atomic mass is 10.1. The Morgan fingerprint density at radius 2 is 1.76 bits per heavy atom. The number of ether oxygens (including phenoxy) is 3. The summed E-state index contributed by atoms with van der Waals surface area (Å²) in [5, 5.41) is 6.11. The van der Waals surface area contributed by atoms with Gasteiger partial charge in [0, 0.05) is 29.6 Å². The molecule has 0 saturated carbocycles. The van der Waals surface area contributed by atoms with Gasteiger partial charge in [-0.3, -0.25) is 4.79 Å². The molecule has 0 atom stereocenters. The number of nitrogen functional groups attached to an aromatic ring is 1. The van der Waals surface area contributed by atoms with Gasteiger partial charge >= 0.3 is 0 Å². The highest BCUT2D eigenvalue weighted by atomic mass is 16.5. The number of nitrogens with zero attached hydrogens (tertiary/aromatic N) is 1. The van der Waals surface area contributed by atoms with Gasteiger partial charge in [0.25, 0.3) is 0 Å². The Morgan fingerprint density at radius 3 is 2.45 bits per heavy atom. The number of nitrogens with one attached hydrogen (secondary N) is 2. The second kappa shape index (κ2) is 10.4. The summed E-state index contributed by atoms with van der Waals surface area (Å²) in [6, 6.07) is 11.0. The van der Waals surface area contributed by atoms with Crippen LogP contribution in [0.1, 0.15) is 16.7 Å². The van der Waals surface area contributed by atoms with Crippen LogP contribution in [0, 0.1) is 13.8 Å². The van der Waals surface area contributed by atoms with Crippen molar-refractivity contribution in [2.24, 2.45) is 0 Å². The second-order valence-electron chi connectivity index (χ2n) is 7.29. The molecule has 0 aliphatic heterocycles. The number of rotatable bonds is 8. The molecule has 0 aliphatic carbocycles. The number of aryl methyl sites for hydroxylation is 2. The van der Waals surface area contributed by atoms with E-state index in [1.807, 2.05) is 38.1 Å². The Morgan fingerprint density at radius 1 is 1.00 bits per heavy atom. The zero-order chi connectivity index (χ0) is 24.0. The van der Waals surface area contributed by atoms with Crippen LogP contribution in [0.25, 0.3) is 6.08 Å². The molecule has 0 radical (unpaired) electrons. The Hall–Kier alpha value is -4.20. The van der Waals surface area contributed by atoms with E-state index in [0.717, 1.165) is 22.4 Å². The third kappa shape index (κ3) is 5.35. The molecule has 0 unspecified atom stereocenters. The van der Waals surface area contributed by atoms with E-state index < -0.39 is 0 Å². The van der Waals surface area contributed by atoms with Crippen LogP contribution < -0.4 is 30.6 Å². The highest BCUT2D eigenvalue weighted by Crippen LogP contribution is 2.35. The van der Waals surface area contributed by atoms with Crippen molar-refractivity contribution in [1.29, 1.82) is 0 Å². The largest absolute Gasteiger partial charge is 0.495 e. The molecule has 33 heavy (non-hydrogen) atoms. The molecule has 0 spiro atoms. The standard InChI is InChI=1S/C25H28N4O4/c1-15-8-10-19(31-3)22(26)23(15)29-21(30)11-9-17-7-6-12-27-25(17)28-18-13-16(2)24(33-5)20(14-18)32-4/h6-14H,26H2,1-5H3,(H,27,28)(H,29,30)/b11-9+. The summed E-state index contributed by atoms with van der Waals surface area (Å²) < 4.78 is 16.1. The zero-order valence-electron chi connectivity index (χ0n) is 19.4. The summed E-state index contributed by atoms with van der Waals surface area (Å²) in [7, 11) is 4.72. The summed E-state index contributed by atoms with van der Waals surface area (Å²) in [5.41, 5.74) is 10.3. The summed E-state index contributed by atoms with van der Waals surface area (Å²) >= 11 is 0. The minimum atomic E-state index is -0.324. The lowest BCUT2D eigenvalue weighted by molar-refractivity contribution is -0.111. The van der Waals surface area contributed by atoms with Crippen LogP contribution in [0.2, 0.25) is 0 Å². The van der Waals surface area contributed by atoms with Crippen molar-refractivity contribution in [3.8, 4) is 17.2 Å². The van der Waals surface area contributed by atoms with Crippen molar-refractivity contribution < 1.29 is 19.0 Å². The van der Waals surface area contributed by atoms with E-state index >= 15 is 0 Å². The van der Waals surface area contributed by atoms with Crippen LogP contribution in [0.4, 0.5) is 22.9 Å². The Balaban J connectivity index is 1.82. The summed E-state index contributed by atoms with van der Waals surface area (Å²) in [6.45, 7) is 3.80. The zero-order valence-corrected chi connectivity index (χ0v) is 19.4. The molecule has 0 aliphatic rings. The van der Waals surface area contributed by atoms with Gasteiger partial charge in [0.1, 0.15) is 11.6 Å². The number of anilines is 4. The predicted molar refractivity (Wildman–Crippen MR) is 132 cm³/mol. The maximum Gasteiger partial charge on any atom is 0.248 e. The number of amides is 1. The Labute approximate surface area is 193 Å². The minimum absolute atomic E-state index is 0.324. The van der Waals surface area contributed by atoms with Gasteiger partial charge in [-0.2, -0.15) is 0 Å². The van der Waals surface area contributed by atoms with Gasteiger partial charge in [-0.25, -0.2) is 4.98 Å². The van der Waals surface area contributed by atoms with E-state index in [2.05, 4.69) is 15.6 Å². The monoisotopic (exact) mass is 448 g/mol. The number of hydrogen-bond acceptors (Lipinski definition) is 7. The van der Waals surface area contributed by atoms with E-state index in [-0.39, 0.29) is 5.91 Å².